The van der Waals surface area contributed by atoms with Crippen molar-refractivity contribution >= 4 is 31.9 Å². The molecule has 0 bridgehead atoms. The second-order valence-corrected chi connectivity index (χ2v) is 4.16. The molecule has 1 aromatic rings. The van der Waals surface area contributed by atoms with E-state index in [9.17, 15) is 0 Å². The van der Waals surface area contributed by atoms with Gasteiger partial charge in [0.2, 0.25) is 0 Å². The first-order valence-electron chi connectivity index (χ1n) is 3.68. The number of nitrogens with zero attached hydrogens (tertiary/aromatic N) is 1. The number of rotatable bonds is 3. The lowest BCUT2D eigenvalue weighted by molar-refractivity contribution is 0.745. The number of hydrogen-bond acceptors (Lipinski definition) is 2. The minimum atomic E-state index is 0.560. The van der Waals surface area contributed by atoms with Gasteiger partial charge in [0.1, 0.15) is 0 Å². The third-order valence-electron chi connectivity index (χ3n) is 1.40. The maximum absolute atomic E-state index is 5.10. The van der Waals surface area contributed by atoms with Crippen LogP contribution in [0.15, 0.2) is 21.2 Å². The Morgan fingerprint density at radius 3 is 2.92 bits per heavy atom. The lowest BCUT2D eigenvalue weighted by atomic mass is 10.3. The highest BCUT2D eigenvalue weighted by Crippen LogP contribution is 2.19. The van der Waals surface area contributed by atoms with E-state index in [1.54, 1.807) is 6.20 Å². The first-order chi connectivity index (χ1) is 6.24. The third kappa shape index (κ3) is 3.47. The molecule has 0 unspecified atom stereocenters. The molecule has 0 atom stereocenters. The van der Waals surface area contributed by atoms with Gasteiger partial charge in [0, 0.05) is 21.7 Å². The first-order valence-corrected chi connectivity index (χ1v) is 5.26. The van der Waals surface area contributed by atoms with Gasteiger partial charge >= 0.3 is 0 Å². The van der Waals surface area contributed by atoms with Crippen LogP contribution in [0.4, 0.5) is 0 Å². The van der Waals surface area contributed by atoms with Crippen LogP contribution in [0.25, 0.3) is 0 Å². The number of hydrogen-bond donors (Lipinski definition) is 1. The summed E-state index contributed by atoms with van der Waals surface area (Å²) in [6.45, 7) is 1.24. The Labute approximate surface area is 94.4 Å². The number of halogens is 2. The van der Waals surface area contributed by atoms with E-state index in [0.717, 1.165) is 14.6 Å². The van der Waals surface area contributed by atoms with Crippen molar-refractivity contribution < 1.29 is 0 Å². The molecule has 0 saturated heterocycles. The molecule has 1 heterocycles. The fourth-order valence-corrected chi connectivity index (χ4v) is 1.95. The monoisotopic (exact) mass is 302 g/mol. The van der Waals surface area contributed by atoms with Gasteiger partial charge in [-0.2, -0.15) is 0 Å². The zero-order valence-electron chi connectivity index (χ0n) is 6.85. The SMILES string of the molecule is C#CCNCc1ncc(Br)cc1Br. The molecule has 1 N–H and O–H groups in total. The van der Waals surface area contributed by atoms with Crippen LogP contribution in [0.2, 0.25) is 0 Å². The van der Waals surface area contributed by atoms with Gasteiger partial charge in [-0.25, -0.2) is 0 Å². The zero-order chi connectivity index (χ0) is 9.68. The van der Waals surface area contributed by atoms with Crippen molar-refractivity contribution in [3.8, 4) is 12.3 Å². The van der Waals surface area contributed by atoms with Gasteiger partial charge in [-0.3, -0.25) is 4.98 Å². The molecule has 0 saturated carbocycles. The minimum Gasteiger partial charge on any atom is -0.300 e. The summed E-state index contributed by atoms with van der Waals surface area (Å²) in [6, 6.07) is 1.96. The first kappa shape index (κ1) is 10.7. The molecule has 0 aliphatic carbocycles. The zero-order valence-corrected chi connectivity index (χ0v) is 10.0. The summed E-state index contributed by atoms with van der Waals surface area (Å²) in [4.78, 5) is 4.22. The van der Waals surface area contributed by atoms with Crippen molar-refractivity contribution in [2.24, 2.45) is 0 Å². The minimum absolute atomic E-state index is 0.560. The van der Waals surface area contributed by atoms with Crippen LogP contribution in [0, 0.1) is 12.3 Å². The molecule has 0 amide bonds. The number of nitrogens with one attached hydrogen (secondary N) is 1. The summed E-state index contributed by atoms with van der Waals surface area (Å²) in [5.74, 6) is 2.51. The summed E-state index contributed by atoms with van der Waals surface area (Å²) in [5.41, 5.74) is 0.957. The molecule has 0 radical (unpaired) electrons. The van der Waals surface area contributed by atoms with Crippen LogP contribution >= 0.6 is 31.9 Å². The fourth-order valence-electron chi connectivity index (χ4n) is 0.826. The van der Waals surface area contributed by atoms with E-state index in [4.69, 9.17) is 6.42 Å². The maximum Gasteiger partial charge on any atom is 0.0684 e. The van der Waals surface area contributed by atoms with Gasteiger partial charge in [0.25, 0.3) is 0 Å². The average Bonchev–Trinajstić information content (AvgIpc) is 2.09. The van der Waals surface area contributed by atoms with E-state index in [1.807, 2.05) is 6.07 Å². The Morgan fingerprint density at radius 1 is 1.54 bits per heavy atom. The van der Waals surface area contributed by atoms with Gasteiger partial charge in [-0.1, -0.05) is 5.92 Å². The quantitative estimate of drug-likeness (QED) is 0.685. The molecular formula is C9H8Br2N2. The standard InChI is InChI=1S/C9H8Br2N2/c1-2-3-12-6-9-8(11)4-7(10)5-13-9/h1,4-5,12H,3,6H2. The Morgan fingerprint density at radius 2 is 2.31 bits per heavy atom. The summed E-state index contributed by atoms with van der Waals surface area (Å²) < 4.78 is 1.94. The van der Waals surface area contributed by atoms with Gasteiger partial charge in [-0.05, 0) is 37.9 Å². The van der Waals surface area contributed by atoms with Crippen molar-refractivity contribution in [2.45, 2.75) is 6.54 Å². The van der Waals surface area contributed by atoms with Crippen LogP contribution in [0.3, 0.4) is 0 Å². The van der Waals surface area contributed by atoms with Gasteiger partial charge in [-0.15, -0.1) is 6.42 Å². The number of terminal acetylenes is 1. The molecule has 0 aliphatic rings. The molecular weight excluding hydrogens is 296 g/mol. The summed E-state index contributed by atoms with van der Waals surface area (Å²) in [6.07, 6.45) is 6.86. The van der Waals surface area contributed by atoms with Crippen LogP contribution in [-0.2, 0) is 6.54 Å². The van der Waals surface area contributed by atoms with E-state index in [1.165, 1.54) is 0 Å². The Hall–Kier alpha value is -0.370. The fraction of sp³-hybridized carbons (Fsp3) is 0.222. The Kier molecular flexibility index (Phi) is 4.43. The molecule has 68 valence electrons. The second kappa shape index (κ2) is 5.38. The third-order valence-corrected chi connectivity index (χ3v) is 2.52. The van der Waals surface area contributed by atoms with Crippen LogP contribution in [0.1, 0.15) is 5.69 Å². The molecule has 0 spiro atoms. The Bertz CT molecular complexity index is 331. The van der Waals surface area contributed by atoms with Crippen LogP contribution in [-0.4, -0.2) is 11.5 Å². The molecule has 13 heavy (non-hydrogen) atoms. The van der Waals surface area contributed by atoms with E-state index < -0.39 is 0 Å². The normalized spacial score (nSPS) is 9.62. The van der Waals surface area contributed by atoms with Crippen LogP contribution < -0.4 is 5.32 Å². The smallest absolute Gasteiger partial charge is 0.0684 e. The van der Waals surface area contributed by atoms with Crippen molar-refractivity contribution in [1.82, 2.24) is 10.3 Å². The Balaban J connectivity index is 2.62. The topological polar surface area (TPSA) is 24.9 Å². The van der Waals surface area contributed by atoms with Crippen LogP contribution in [0.5, 0.6) is 0 Å². The van der Waals surface area contributed by atoms with E-state index in [2.05, 4.69) is 48.1 Å². The summed E-state index contributed by atoms with van der Waals surface area (Å²) >= 11 is 6.75. The van der Waals surface area contributed by atoms with Crippen molar-refractivity contribution in [2.75, 3.05) is 6.54 Å². The number of pyridine rings is 1. The van der Waals surface area contributed by atoms with E-state index in [0.29, 0.717) is 13.1 Å². The largest absolute Gasteiger partial charge is 0.300 e. The molecule has 2 nitrogen and oxygen atoms in total. The summed E-state index contributed by atoms with van der Waals surface area (Å²) in [5, 5.41) is 3.07. The van der Waals surface area contributed by atoms with E-state index >= 15 is 0 Å². The molecule has 0 fully saturated rings. The van der Waals surface area contributed by atoms with Gasteiger partial charge in [0.05, 0.1) is 12.2 Å². The van der Waals surface area contributed by atoms with Crippen molar-refractivity contribution in [1.29, 1.82) is 0 Å². The van der Waals surface area contributed by atoms with Crippen molar-refractivity contribution in [3.05, 3.63) is 26.9 Å². The predicted octanol–water partition coefficient (Wildman–Crippen LogP) is 2.33. The highest BCUT2D eigenvalue weighted by atomic mass is 79.9. The van der Waals surface area contributed by atoms with Gasteiger partial charge < -0.3 is 5.32 Å². The molecule has 0 aromatic carbocycles. The highest BCUT2D eigenvalue weighted by Gasteiger charge is 2.00. The molecule has 1 aromatic heterocycles. The van der Waals surface area contributed by atoms with Crippen molar-refractivity contribution in [3.63, 3.8) is 0 Å². The predicted molar refractivity (Wildman–Crippen MR) is 60.2 cm³/mol. The summed E-state index contributed by atoms with van der Waals surface area (Å²) in [7, 11) is 0. The molecule has 0 aliphatic heterocycles. The number of aromatic nitrogens is 1. The average molecular weight is 304 g/mol. The second-order valence-electron chi connectivity index (χ2n) is 2.39. The lowest BCUT2D eigenvalue weighted by Gasteiger charge is -2.03. The van der Waals surface area contributed by atoms with Gasteiger partial charge in [0.15, 0.2) is 0 Å². The van der Waals surface area contributed by atoms with E-state index in [-0.39, 0.29) is 0 Å². The molecule has 1 rings (SSSR count). The lowest BCUT2D eigenvalue weighted by Crippen LogP contribution is -2.14. The molecule has 4 heteroatoms. The maximum atomic E-state index is 5.10. The highest BCUT2D eigenvalue weighted by molar-refractivity contribution is 9.11.